The fourth-order valence-corrected chi connectivity index (χ4v) is 3.62. The Bertz CT molecular complexity index is 561. The van der Waals surface area contributed by atoms with Crippen LogP contribution in [0, 0.1) is 5.82 Å². The first kappa shape index (κ1) is 17.2. The number of piperazine rings is 1. The highest BCUT2D eigenvalue weighted by Gasteiger charge is 2.33. The molecule has 0 spiro atoms. The Labute approximate surface area is 142 Å². The van der Waals surface area contributed by atoms with E-state index in [1.807, 2.05) is 4.90 Å². The quantitative estimate of drug-likeness (QED) is 0.888. The number of carbonyl (C=O) groups is 1. The zero-order chi connectivity index (χ0) is 16.9. The van der Waals surface area contributed by atoms with E-state index < -0.39 is 0 Å². The van der Waals surface area contributed by atoms with Gasteiger partial charge in [0.15, 0.2) is 0 Å². The standard InChI is InChI=1S/C18H25FN2O3/c19-14-3-1-4-15(13-14)24-12-7-18(23)21-10-8-20(9-11-21)16-5-2-6-17(16)22/h1,3-4,13,16-17,22H,2,5-12H2. The average molecular weight is 336 g/mol. The number of nitrogens with zero attached hydrogens (tertiary/aromatic N) is 2. The van der Waals surface area contributed by atoms with Crippen molar-refractivity contribution in [3.05, 3.63) is 30.1 Å². The minimum absolute atomic E-state index is 0.0676. The predicted octanol–water partition coefficient (Wildman–Crippen LogP) is 1.65. The van der Waals surface area contributed by atoms with E-state index in [-0.39, 0.29) is 30.5 Å². The molecule has 1 saturated carbocycles. The van der Waals surface area contributed by atoms with Crippen molar-refractivity contribution in [2.45, 2.75) is 37.8 Å². The molecule has 2 fully saturated rings. The highest BCUT2D eigenvalue weighted by Crippen LogP contribution is 2.25. The zero-order valence-corrected chi connectivity index (χ0v) is 13.9. The van der Waals surface area contributed by atoms with Crippen molar-refractivity contribution >= 4 is 5.91 Å². The molecule has 0 radical (unpaired) electrons. The van der Waals surface area contributed by atoms with Gasteiger partial charge in [0.1, 0.15) is 11.6 Å². The van der Waals surface area contributed by atoms with Crippen LogP contribution in [0.25, 0.3) is 0 Å². The number of aliphatic hydroxyl groups is 1. The van der Waals surface area contributed by atoms with Crippen LogP contribution in [0.15, 0.2) is 24.3 Å². The van der Waals surface area contributed by atoms with Crippen molar-refractivity contribution in [1.82, 2.24) is 9.80 Å². The summed E-state index contributed by atoms with van der Waals surface area (Å²) in [5, 5.41) is 9.99. The molecule has 0 bridgehead atoms. The van der Waals surface area contributed by atoms with E-state index in [0.717, 1.165) is 32.4 Å². The molecule has 24 heavy (non-hydrogen) atoms. The largest absolute Gasteiger partial charge is 0.493 e. The van der Waals surface area contributed by atoms with E-state index in [4.69, 9.17) is 4.74 Å². The molecule has 5 nitrogen and oxygen atoms in total. The van der Waals surface area contributed by atoms with Crippen LogP contribution >= 0.6 is 0 Å². The summed E-state index contributed by atoms with van der Waals surface area (Å²) in [7, 11) is 0. The van der Waals surface area contributed by atoms with Crippen LogP contribution in [0.4, 0.5) is 4.39 Å². The second-order valence-electron chi connectivity index (χ2n) is 6.54. The number of ether oxygens (including phenoxy) is 1. The minimum atomic E-state index is -0.343. The van der Waals surface area contributed by atoms with Gasteiger partial charge in [-0.1, -0.05) is 6.07 Å². The summed E-state index contributed by atoms with van der Waals surface area (Å²) in [6.07, 6.45) is 3.11. The Morgan fingerprint density at radius 2 is 2.04 bits per heavy atom. The van der Waals surface area contributed by atoms with Gasteiger partial charge in [-0.2, -0.15) is 0 Å². The highest BCUT2D eigenvalue weighted by atomic mass is 19.1. The van der Waals surface area contributed by atoms with Crippen molar-refractivity contribution in [3.63, 3.8) is 0 Å². The predicted molar refractivity (Wildman–Crippen MR) is 88.3 cm³/mol. The summed E-state index contributed by atoms with van der Waals surface area (Å²) < 4.78 is 18.5. The fraction of sp³-hybridized carbons (Fsp3) is 0.611. The van der Waals surface area contributed by atoms with Crippen molar-refractivity contribution in [2.24, 2.45) is 0 Å². The van der Waals surface area contributed by atoms with Gasteiger partial charge < -0.3 is 14.7 Å². The molecule has 1 saturated heterocycles. The Balaban J connectivity index is 1.39. The van der Waals surface area contributed by atoms with Crippen LogP contribution in [0.1, 0.15) is 25.7 Å². The van der Waals surface area contributed by atoms with Gasteiger partial charge in [0.05, 0.1) is 19.1 Å². The van der Waals surface area contributed by atoms with Crippen LogP contribution in [-0.4, -0.2) is 65.7 Å². The van der Waals surface area contributed by atoms with E-state index in [1.54, 1.807) is 12.1 Å². The van der Waals surface area contributed by atoms with Gasteiger partial charge in [0.25, 0.3) is 0 Å². The molecule has 1 aromatic carbocycles. The minimum Gasteiger partial charge on any atom is -0.493 e. The smallest absolute Gasteiger partial charge is 0.226 e. The molecular formula is C18H25FN2O3. The first-order valence-corrected chi connectivity index (χ1v) is 8.72. The number of halogens is 1. The van der Waals surface area contributed by atoms with Gasteiger partial charge in [-0.3, -0.25) is 9.69 Å². The Kier molecular flexibility index (Phi) is 5.68. The van der Waals surface area contributed by atoms with Crippen LogP contribution in [-0.2, 0) is 4.79 Å². The summed E-state index contributed by atoms with van der Waals surface area (Å²) in [6, 6.07) is 6.20. The monoisotopic (exact) mass is 336 g/mol. The summed E-state index contributed by atoms with van der Waals surface area (Å²) >= 11 is 0. The molecule has 2 atom stereocenters. The molecule has 1 amide bonds. The summed E-state index contributed by atoms with van der Waals surface area (Å²) in [4.78, 5) is 16.4. The van der Waals surface area contributed by atoms with Crippen molar-refractivity contribution in [1.29, 1.82) is 0 Å². The Hall–Kier alpha value is -1.66. The number of hydrogen-bond acceptors (Lipinski definition) is 4. The SMILES string of the molecule is O=C(CCOc1cccc(F)c1)N1CCN(C2CCCC2O)CC1. The van der Waals surface area contributed by atoms with Gasteiger partial charge in [-0.15, -0.1) is 0 Å². The molecule has 2 aliphatic rings. The van der Waals surface area contributed by atoms with E-state index in [0.29, 0.717) is 25.3 Å². The molecule has 0 aromatic heterocycles. The average Bonchev–Trinajstić information content (AvgIpc) is 3.01. The van der Waals surface area contributed by atoms with Crippen LogP contribution in [0.2, 0.25) is 0 Å². The third-order valence-electron chi connectivity index (χ3n) is 4.96. The molecule has 132 valence electrons. The van der Waals surface area contributed by atoms with E-state index >= 15 is 0 Å². The lowest BCUT2D eigenvalue weighted by Gasteiger charge is -2.39. The van der Waals surface area contributed by atoms with Gasteiger partial charge in [-0.25, -0.2) is 4.39 Å². The first-order valence-electron chi connectivity index (χ1n) is 8.72. The lowest BCUT2D eigenvalue weighted by atomic mass is 10.1. The molecule has 1 aliphatic heterocycles. The van der Waals surface area contributed by atoms with Gasteiger partial charge in [-0.05, 0) is 31.4 Å². The maximum Gasteiger partial charge on any atom is 0.226 e. The molecule has 1 aliphatic carbocycles. The normalized spacial score (nSPS) is 25.0. The Morgan fingerprint density at radius 1 is 1.25 bits per heavy atom. The molecule has 1 N–H and O–H groups in total. The highest BCUT2D eigenvalue weighted by molar-refractivity contribution is 5.76. The molecule has 3 rings (SSSR count). The lowest BCUT2D eigenvalue weighted by Crippen LogP contribution is -2.53. The fourth-order valence-electron chi connectivity index (χ4n) is 3.62. The molecule has 1 heterocycles. The number of benzene rings is 1. The Morgan fingerprint density at radius 3 is 2.71 bits per heavy atom. The van der Waals surface area contributed by atoms with Gasteiger partial charge in [0.2, 0.25) is 5.91 Å². The van der Waals surface area contributed by atoms with Crippen LogP contribution < -0.4 is 4.74 Å². The van der Waals surface area contributed by atoms with Gasteiger partial charge >= 0.3 is 0 Å². The molecular weight excluding hydrogens is 311 g/mol. The van der Waals surface area contributed by atoms with Crippen LogP contribution in [0.5, 0.6) is 5.75 Å². The van der Waals surface area contributed by atoms with Crippen LogP contribution in [0.3, 0.4) is 0 Å². The lowest BCUT2D eigenvalue weighted by molar-refractivity contribution is -0.134. The summed E-state index contributed by atoms with van der Waals surface area (Å²) in [6.45, 7) is 3.28. The number of aliphatic hydroxyl groups excluding tert-OH is 1. The van der Waals surface area contributed by atoms with Crippen molar-refractivity contribution in [3.8, 4) is 5.75 Å². The number of amides is 1. The van der Waals surface area contributed by atoms with Crippen molar-refractivity contribution < 1.29 is 19.0 Å². The third-order valence-corrected chi connectivity index (χ3v) is 4.96. The summed E-state index contributed by atoms with van der Waals surface area (Å²) in [5.41, 5.74) is 0. The number of rotatable bonds is 5. The van der Waals surface area contributed by atoms with E-state index in [1.165, 1.54) is 12.1 Å². The maximum absolute atomic E-state index is 13.1. The first-order chi connectivity index (χ1) is 11.6. The van der Waals surface area contributed by atoms with Gasteiger partial charge in [0, 0.05) is 38.3 Å². The molecule has 6 heteroatoms. The number of carbonyl (C=O) groups excluding carboxylic acids is 1. The van der Waals surface area contributed by atoms with Crippen molar-refractivity contribution in [2.75, 3.05) is 32.8 Å². The van der Waals surface area contributed by atoms with E-state index in [9.17, 15) is 14.3 Å². The molecule has 1 aromatic rings. The molecule has 2 unspecified atom stereocenters. The third kappa shape index (κ3) is 4.24. The number of hydrogen-bond donors (Lipinski definition) is 1. The topological polar surface area (TPSA) is 53.0 Å². The maximum atomic E-state index is 13.1. The van der Waals surface area contributed by atoms with E-state index in [2.05, 4.69) is 4.90 Å². The second-order valence-corrected chi connectivity index (χ2v) is 6.54. The second kappa shape index (κ2) is 7.94. The zero-order valence-electron chi connectivity index (χ0n) is 13.9. The summed E-state index contributed by atoms with van der Waals surface area (Å²) in [5.74, 6) is 0.171.